The van der Waals surface area contributed by atoms with Gasteiger partial charge >= 0.3 is 15.6 Å². The summed E-state index contributed by atoms with van der Waals surface area (Å²) in [6.45, 7) is 4.56. The topological polar surface area (TPSA) is 91.4 Å². The SMILES string of the molecule is CC(C)Cn1[c]c(-c2ccc(CN)cc2)c2cc(OS(=O)(=O)C(F)(F)F)ccc2c1=O. The number of halogens is 3. The van der Waals surface area contributed by atoms with E-state index < -0.39 is 26.9 Å². The maximum absolute atomic E-state index is 12.9. The zero-order valence-electron chi connectivity index (χ0n) is 16.7. The van der Waals surface area contributed by atoms with Crippen LogP contribution in [0.1, 0.15) is 19.4 Å². The Morgan fingerprint density at radius 2 is 1.74 bits per heavy atom. The lowest BCUT2D eigenvalue weighted by atomic mass is 9.99. The van der Waals surface area contributed by atoms with E-state index in [4.69, 9.17) is 5.73 Å². The van der Waals surface area contributed by atoms with Gasteiger partial charge in [-0.2, -0.15) is 21.6 Å². The Bertz CT molecular complexity index is 1260. The Kier molecular flexibility index (Phi) is 6.15. The first-order chi connectivity index (χ1) is 14.4. The van der Waals surface area contributed by atoms with Crippen LogP contribution in [0.3, 0.4) is 0 Å². The van der Waals surface area contributed by atoms with E-state index >= 15 is 0 Å². The summed E-state index contributed by atoms with van der Waals surface area (Å²) >= 11 is 0. The molecule has 1 aromatic heterocycles. The highest BCUT2D eigenvalue weighted by atomic mass is 32.2. The fourth-order valence-electron chi connectivity index (χ4n) is 3.06. The summed E-state index contributed by atoms with van der Waals surface area (Å²) in [5.41, 5.74) is 1.58. The van der Waals surface area contributed by atoms with Gasteiger partial charge in [0.15, 0.2) is 0 Å². The zero-order chi connectivity index (χ0) is 23.0. The number of rotatable bonds is 6. The summed E-state index contributed by atoms with van der Waals surface area (Å²) in [4.78, 5) is 12.9. The van der Waals surface area contributed by atoms with Crippen molar-refractivity contribution >= 4 is 20.9 Å². The maximum atomic E-state index is 12.9. The molecule has 0 atom stereocenters. The fraction of sp³-hybridized carbons (Fsp3) is 0.286. The number of aromatic nitrogens is 1. The number of nitrogens with two attached hydrogens (primary N) is 1. The van der Waals surface area contributed by atoms with Gasteiger partial charge in [-0.1, -0.05) is 38.1 Å². The molecular formula is C21H20F3N2O4S. The molecule has 10 heteroatoms. The first-order valence-corrected chi connectivity index (χ1v) is 10.7. The van der Waals surface area contributed by atoms with Crippen molar-refractivity contribution in [1.82, 2.24) is 4.57 Å². The highest BCUT2D eigenvalue weighted by Gasteiger charge is 2.48. The summed E-state index contributed by atoms with van der Waals surface area (Å²) in [6.07, 6.45) is 3.01. The van der Waals surface area contributed by atoms with Crippen molar-refractivity contribution in [3.63, 3.8) is 0 Å². The molecule has 2 N–H and O–H groups in total. The largest absolute Gasteiger partial charge is 0.534 e. The van der Waals surface area contributed by atoms with Crippen LogP contribution in [0.4, 0.5) is 13.2 Å². The summed E-state index contributed by atoms with van der Waals surface area (Å²) in [7, 11) is -5.85. The highest BCUT2D eigenvalue weighted by Crippen LogP contribution is 2.32. The number of hydrogen-bond acceptors (Lipinski definition) is 5. The van der Waals surface area contributed by atoms with E-state index in [9.17, 15) is 26.4 Å². The minimum atomic E-state index is -5.85. The van der Waals surface area contributed by atoms with Crippen molar-refractivity contribution in [2.75, 3.05) is 0 Å². The Morgan fingerprint density at radius 1 is 1.10 bits per heavy atom. The van der Waals surface area contributed by atoms with E-state index in [0.717, 1.165) is 17.7 Å². The van der Waals surface area contributed by atoms with Crippen LogP contribution in [0.25, 0.3) is 21.9 Å². The molecule has 0 unspecified atom stereocenters. The Morgan fingerprint density at radius 3 is 2.29 bits per heavy atom. The van der Waals surface area contributed by atoms with Gasteiger partial charge in [0.05, 0.1) is 6.20 Å². The summed E-state index contributed by atoms with van der Waals surface area (Å²) in [5.74, 6) is -0.419. The van der Waals surface area contributed by atoms with Gasteiger partial charge in [0, 0.05) is 29.4 Å². The van der Waals surface area contributed by atoms with Crippen molar-refractivity contribution < 1.29 is 25.8 Å². The molecule has 1 heterocycles. The molecule has 0 saturated carbocycles. The summed E-state index contributed by atoms with van der Waals surface area (Å²) in [5, 5.41) is 0.425. The van der Waals surface area contributed by atoms with Gasteiger partial charge in [-0.3, -0.25) is 4.79 Å². The number of nitrogens with zero attached hydrogens (tertiary/aromatic N) is 1. The molecule has 0 spiro atoms. The molecule has 3 rings (SSSR count). The molecule has 0 aliphatic carbocycles. The standard InChI is InChI=1S/C21H20F3N2O4S/c1-13(2)11-26-12-19(15-5-3-14(10-25)4-6-15)18-9-16(7-8-17(18)20(26)27)30-31(28,29)21(22,23)24/h3-9,13H,10-11,25H2,1-2H3. The quantitative estimate of drug-likeness (QED) is 0.453. The molecular weight excluding hydrogens is 433 g/mol. The van der Waals surface area contributed by atoms with Gasteiger partial charge < -0.3 is 14.5 Å². The van der Waals surface area contributed by atoms with Crippen LogP contribution in [0.2, 0.25) is 0 Å². The third kappa shape index (κ3) is 4.75. The average Bonchev–Trinajstić information content (AvgIpc) is 2.69. The lowest BCUT2D eigenvalue weighted by Crippen LogP contribution is -2.28. The van der Waals surface area contributed by atoms with Crippen molar-refractivity contribution in [1.29, 1.82) is 0 Å². The fourth-order valence-corrected chi connectivity index (χ4v) is 3.51. The molecule has 0 amide bonds. The van der Waals surface area contributed by atoms with E-state index in [-0.39, 0.29) is 16.7 Å². The van der Waals surface area contributed by atoms with Crippen molar-refractivity contribution in [3.05, 3.63) is 64.6 Å². The Hall–Kier alpha value is -2.85. The van der Waals surface area contributed by atoms with Crippen LogP contribution in [0.15, 0.2) is 47.3 Å². The van der Waals surface area contributed by atoms with Crippen LogP contribution in [0, 0.1) is 12.1 Å². The van der Waals surface area contributed by atoms with Gasteiger partial charge in [0.2, 0.25) is 0 Å². The minimum Gasteiger partial charge on any atom is -0.376 e. The molecule has 0 saturated heterocycles. The predicted octanol–water partition coefficient (Wildman–Crippen LogP) is 3.81. The zero-order valence-corrected chi connectivity index (χ0v) is 17.5. The maximum Gasteiger partial charge on any atom is 0.534 e. The van der Waals surface area contributed by atoms with E-state index in [2.05, 4.69) is 10.4 Å². The molecule has 1 radical (unpaired) electrons. The Balaban J connectivity index is 2.24. The van der Waals surface area contributed by atoms with Crippen LogP contribution < -0.4 is 15.5 Å². The van der Waals surface area contributed by atoms with Gasteiger partial charge in [0.25, 0.3) is 5.56 Å². The van der Waals surface area contributed by atoms with Gasteiger partial charge in [-0.25, -0.2) is 0 Å². The second kappa shape index (κ2) is 8.35. The van der Waals surface area contributed by atoms with Crippen molar-refractivity contribution in [3.8, 4) is 16.9 Å². The van der Waals surface area contributed by atoms with Crippen LogP contribution >= 0.6 is 0 Å². The van der Waals surface area contributed by atoms with Crippen LogP contribution in [-0.2, 0) is 23.2 Å². The number of alkyl halides is 3. The third-order valence-electron chi connectivity index (χ3n) is 4.50. The molecule has 0 bridgehead atoms. The highest BCUT2D eigenvalue weighted by molar-refractivity contribution is 7.88. The minimum absolute atomic E-state index is 0.137. The van der Waals surface area contributed by atoms with Crippen LogP contribution in [-0.4, -0.2) is 18.5 Å². The van der Waals surface area contributed by atoms with Crippen molar-refractivity contribution in [2.45, 2.75) is 32.4 Å². The Labute approximate surface area is 177 Å². The average molecular weight is 453 g/mol. The molecule has 0 aliphatic heterocycles. The smallest absolute Gasteiger partial charge is 0.376 e. The molecule has 6 nitrogen and oxygen atoms in total. The van der Waals surface area contributed by atoms with Gasteiger partial charge in [-0.15, -0.1) is 0 Å². The molecule has 3 aromatic rings. The predicted molar refractivity (Wildman–Crippen MR) is 111 cm³/mol. The number of hydrogen-bond donors (Lipinski definition) is 1. The molecule has 0 fully saturated rings. The third-order valence-corrected chi connectivity index (χ3v) is 5.48. The van der Waals surface area contributed by atoms with Gasteiger partial charge in [-0.05, 0) is 35.2 Å². The summed E-state index contributed by atoms with van der Waals surface area (Å²) < 4.78 is 66.6. The van der Waals surface area contributed by atoms with E-state index in [1.807, 2.05) is 13.8 Å². The van der Waals surface area contributed by atoms with Crippen molar-refractivity contribution in [2.24, 2.45) is 11.7 Å². The molecule has 165 valence electrons. The van der Waals surface area contributed by atoms with Gasteiger partial charge in [0.1, 0.15) is 5.75 Å². The second-order valence-electron chi connectivity index (χ2n) is 7.39. The lowest BCUT2D eigenvalue weighted by Gasteiger charge is -2.15. The molecule has 0 aliphatic rings. The molecule has 2 aromatic carbocycles. The number of fused-ring (bicyclic) bond motifs is 1. The van der Waals surface area contributed by atoms with Crippen LogP contribution in [0.5, 0.6) is 5.75 Å². The first-order valence-electron chi connectivity index (χ1n) is 9.33. The first kappa shape index (κ1) is 22.8. The summed E-state index contributed by atoms with van der Waals surface area (Å²) in [6, 6.07) is 10.4. The lowest BCUT2D eigenvalue weighted by molar-refractivity contribution is -0.0500. The second-order valence-corrected chi connectivity index (χ2v) is 8.93. The van der Waals surface area contributed by atoms with E-state index in [0.29, 0.717) is 24.2 Å². The molecule has 31 heavy (non-hydrogen) atoms. The van der Waals surface area contributed by atoms with E-state index in [1.54, 1.807) is 24.3 Å². The van der Waals surface area contributed by atoms with E-state index in [1.165, 1.54) is 10.6 Å². The number of pyridine rings is 1. The monoisotopic (exact) mass is 453 g/mol. The number of benzene rings is 2. The normalized spacial score (nSPS) is 12.5.